The molecule has 0 aromatic carbocycles. The van der Waals surface area contributed by atoms with Crippen molar-refractivity contribution in [2.24, 2.45) is 11.3 Å². The molecule has 14 heavy (non-hydrogen) atoms. The van der Waals surface area contributed by atoms with E-state index in [9.17, 15) is 4.79 Å². The summed E-state index contributed by atoms with van der Waals surface area (Å²) in [5, 5.41) is 8.86. The summed E-state index contributed by atoms with van der Waals surface area (Å²) >= 11 is 0. The standard InChI is InChI=1S/C11H18N2O/c1-9-5-4-6-13(7-9)10(14)11(2,3)8-12/h9H,4-7H2,1-3H3. The van der Waals surface area contributed by atoms with E-state index in [-0.39, 0.29) is 5.91 Å². The first kappa shape index (κ1) is 11.0. The van der Waals surface area contributed by atoms with Crippen LogP contribution in [0.2, 0.25) is 0 Å². The molecule has 1 atom stereocenters. The van der Waals surface area contributed by atoms with Gasteiger partial charge >= 0.3 is 0 Å². The van der Waals surface area contributed by atoms with Gasteiger partial charge in [0.1, 0.15) is 5.41 Å². The Bertz CT molecular complexity index is 265. The van der Waals surface area contributed by atoms with Crippen LogP contribution in [0.3, 0.4) is 0 Å². The topological polar surface area (TPSA) is 44.1 Å². The molecule has 0 aromatic rings. The van der Waals surface area contributed by atoms with Crippen molar-refractivity contribution in [1.29, 1.82) is 5.26 Å². The van der Waals surface area contributed by atoms with Gasteiger partial charge in [0.15, 0.2) is 0 Å². The zero-order valence-corrected chi connectivity index (χ0v) is 9.21. The van der Waals surface area contributed by atoms with Crippen LogP contribution in [-0.4, -0.2) is 23.9 Å². The maximum absolute atomic E-state index is 11.9. The van der Waals surface area contributed by atoms with Gasteiger partial charge in [-0.05, 0) is 32.6 Å². The lowest BCUT2D eigenvalue weighted by Crippen LogP contribution is -2.45. The Morgan fingerprint density at radius 2 is 2.21 bits per heavy atom. The zero-order valence-electron chi connectivity index (χ0n) is 9.21. The Morgan fingerprint density at radius 1 is 1.57 bits per heavy atom. The summed E-state index contributed by atoms with van der Waals surface area (Å²) in [5.74, 6) is 0.550. The van der Waals surface area contributed by atoms with Gasteiger partial charge in [0, 0.05) is 13.1 Å². The fraction of sp³-hybridized carbons (Fsp3) is 0.818. The normalized spacial score (nSPS) is 23.0. The van der Waals surface area contributed by atoms with Crippen molar-refractivity contribution in [1.82, 2.24) is 4.90 Å². The second kappa shape index (κ2) is 4.00. The molecule has 0 bridgehead atoms. The lowest BCUT2D eigenvalue weighted by atomic mass is 9.91. The van der Waals surface area contributed by atoms with Gasteiger partial charge in [0.2, 0.25) is 5.91 Å². The quantitative estimate of drug-likeness (QED) is 0.638. The molecule has 1 unspecified atom stereocenters. The molecular formula is C11H18N2O. The van der Waals surface area contributed by atoms with E-state index in [1.807, 2.05) is 4.90 Å². The van der Waals surface area contributed by atoms with E-state index in [0.29, 0.717) is 5.92 Å². The number of nitrogens with zero attached hydrogens (tertiary/aromatic N) is 2. The molecule has 1 fully saturated rings. The average Bonchev–Trinajstić information content (AvgIpc) is 2.16. The van der Waals surface area contributed by atoms with Gasteiger partial charge in [0.05, 0.1) is 6.07 Å². The number of piperidine rings is 1. The largest absolute Gasteiger partial charge is 0.341 e. The highest BCUT2D eigenvalue weighted by molar-refractivity contribution is 5.84. The smallest absolute Gasteiger partial charge is 0.242 e. The molecule has 0 radical (unpaired) electrons. The lowest BCUT2D eigenvalue weighted by Gasteiger charge is -2.34. The number of hydrogen-bond acceptors (Lipinski definition) is 2. The van der Waals surface area contributed by atoms with Crippen molar-refractivity contribution < 1.29 is 4.79 Å². The molecule has 3 nitrogen and oxygen atoms in total. The molecule has 1 amide bonds. The van der Waals surface area contributed by atoms with E-state index in [2.05, 4.69) is 13.0 Å². The fourth-order valence-corrected chi connectivity index (χ4v) is 1.82. The summed E-state index contributed by atoms with van der Waals surface area (Å²) in [7, 11) is 0. The lowest BCUT2D eigenvalue weighted by molar-refractivity contribution is -0.139. The summed E-state index contributed by atoms with van der Waals surface area (Å²) in [6.45, 7) is 7.15. The predicted molar refractivity (Wildman–Crippen MR) is 54.4 cm³/mol. The Hall–Kier alpha value is -1.04. The van der Waals surface area contributed by atoms with Gasteiger partial charge in [-0.1, -0.05) is 6.92 Å². The first-order chi connectivity index (χ1) is 6.47. The minimum atomic E-state index is -0.864. The van der Waals surface area contributed by atoms with Crippen LogP contribution < -0.4 is 0 Å². The molecular weight excluding hydrogens is 176 g/mol. The van der Waals surface area contributed by atoms with Gasteiger partial charge in [-0.15, -0.1) is 0 Å². The summed E-state index contributed by atoms with van der Waals surface area (Å²) in [6, 6.07) is 2.06. The summed E-state index contributed by atoms with van der Waals surface area (Å²) < 4.78 is 0. The highest BCUT2D eigenvalue weighted by atomic mass is 16.2. The van der Waals surface area contributed by atoms with E-state index >= 15 is 0 Å². The third-order valence-corrected chi connectivity index (χ3v) is 2.76. The molecule has 3 heteroatoms. The Balaban J connectivity index is 2.66. The van der Waals surface area contributed by atoms with Gasteiger partial charge < -0.3 is 4.90 Å². The first-order valence-electron chi connectivity index (χ1n) is 5.18. The molecule has 1 aliphatic heterocycles. The molecule has 1 aliphatic rings. The molecule has 0 N–H and O–H groups in total. The van der Waals surface area contributed by atoms with Crippen molar-refractivity contribution in [2.75, 3.05) is 13.1 Å². The number of amides is 1. The van der Waals surface area contributed by atoms with E-state index in [1.54, 1.807) is 13.8 Å². The zero-order chi connectivity index (χ0) is 10.8. The van der Waals surface area contributed by atoms with Crippen LogP contribution >= 0.6 is 0 Å². The fourth-order valence-electron chi connectivity index (χ4n) is 1.82. The van der Waals surface area contributed by atoms with Crippen molar-refractivity contribution in [2.45, 2.75) is 33.6 Å². The van der Waals surface area contributed by atoms with Crippen molar-refractivity contribution >= 4 is 5.91 Å². The van der Waals surface area contributed by atoms with Crippen LogP contribution in [0.15, 0.2) is 0 Å². The number of hydrogen-bond donors (Lipinski definition) is 0. The van der Waals surface area contributed by atoms with Crippen LogP contribution in [-0.2, 0) is 4.79 Å². The van der Waals surface area contributed by atoms with Crippen LogP contribution in [0.25, 0.3) is 0 Å². The summed E-state index contributed by atoms with van der Waals surface area (Å²) in [5.41, 5.74) is -0.864. The molecule has 1 heterocycles. The van der Waals surface area contributed by atoms with Crippen molar-refractivity contribution in [3.8, 4) is 6.07 Å². The maximum Gasteiger partial charge on any atom is 0.242 e. The highest BCUT2D eigenvalue weighted by Gasteiger charge is 2.33. The highest BCUT2D eigenvalue weighted by Crippen LogP contribution is 2.22. The van der Waals surface area contributed by atoms with Gasteiger partial charge in [-0.3, -0.25) is 4.79 Å². The van der Waals surface area contributed by atoms with E-state index in [4.69, 9.17) is 5.26 Å². The Kier molecular flexibility index (Phi) is 3.15. The first-order valence-corrected chi connectivity index (χ1v) is 5.18. The minimum absolute atomic E-state index is 0.0217. The third kappa shape index (κ3) is 2.25. The number of rotatable bonds is 1. The van der Waals surface area contributed by atoms with E-state index in [1.165, 1.54) is 6.42 Å². The monoisotopic (exact) mass is 194 g/mol. The number of carbonyl (C=O) groups is 1. The third-order valence-electron chi connectivity index (χ3n) is 2.76. The molecule has 78 valence electrons. The predicted octanol–water partition coefficient (Wildman–Crippen LogP) is 1.79. The maximum atomic E-state index is 11.9. The summed E-state index contributed by atoms with van der Waals surface area (Å²) in [4.78, 5) is 13.7. The van der Waals surface area contributed by atoms with Crippen molar-refractivity contribution in [3.63, 3.8) is 0 Å². The number of nitriles is 1. The second-order valence-corrected chi connectivity index (χ2v) is 4.74. The number of carbonyl (C=O) groups excluding carboxylic acids is 1. The molecule has 0 aromatic heterocycles. The van der Waals surface area contributed by atoms with E-state index in [0.717, 1.165) is 19.5 Å². The average molecular weight is 194 g/mol. The number of likely N-dealkylation sites (tertiary alicyclic amines) is 1. The van der Waals surface area contributed by atoms with Crippen LogP contribution in [0.1, 0.15) is 33.6 Å². The van der Waals surface area contributed by atoms with Gasteiger partial charge in [-0.2, -0.15) is 5.26 Å². The Labute approximate surface area is 85.7 Å². The molecule has 0 aliphatic carbocycles. The molecule has 1 saturated heterocycles. The van der Waals surface area contributed by atoms with E-state index < -0.39 is 5.41 Å². The van der Waals surface area contributed by atoms with Crippen molar-refractivity contribution in [3.05, 3.63) is 0 Å². The second-order valence-electron chi connectivity index (χ2n) is 4.74. The van der Waals surface area contributed by atoms with Gasteiger partial charge in [-0.25, -0.2) is 0 Å². The minimum Gasteiger partial charge on any atom is -0.341 e. The van der Waals surface area contributed by atoms with Crippen LogP contribution in [0, 0.1) is 22.7 Å². The SMILES string of the molecule is CC1CCCN(C(=O)C(C)(C)C#N)C1. The van der Waals surface area contributed by atoms with Gasteiger partial charge in [0.25, 0.3) is 0 Å². The molecule has 0 saturated carbocycles. The summed E-state index contributed by atoms with van der Waals surface area (Å²) in [6.07, 6.45) is 2.26. The van der Waals surface area contributed by atoms with Crippen LogP contribution in [0.5, 0.6) is 0 Å². The molecule has 1 rings (SSSR count). The molecule has 0 spiro atoms. The Morgan fingerprint density at radius 3 is 2.71 bits per heavy atom. The van der Waals surface area contributed by atoms with Crippen LogP contribution in [0.4, 0.5) is 0 Å².